The van der Waals surface area contributed by atoms with Crippen molar-refractivity contribution in [1.29, 1.82) is 0 Å². The van der Waals surface area contributed by atoms with Crippen LogP contribution in [0.5, 0.6) is 11.5 Å². The van der Waals surface area contributed by atoms with Crippen LogP contribution in [0.3, 0.4) is 0 Å². The van der Waals surface area contributed by atoms with Crippen molar-refractivity contribution in [2.24, 2.45) is 0 Å². The smallest absolute Gasteiger partial charge is 0.265 e. The maximum Gasteiger partial charge on any atom is 0.265 e. The van der Waals surface area contributed by atoms with Crippen molar-refractivity contribution >= 4 is 32.2 Å². The molecule has 33 heavy (non-hydrogen) atoms. The monoisotopic (exact) mass is 492 g/mol. The van der Waals surface area contributed by atoms with E-state index in [9.17, 15) is 18.6 Å². The molecule has 178 valence electrons. The van der Waals surface area contributed by atoms with Gasteiger partial charge in [0.05, 0.1) is 17.7 Å². The molecule has 11 heteroatoms. The maximum absolute atomic E-state index is 13.1. The van der Waals surface area contributed by atoms with E-state index >= 15 is 0 Å². The number of nitrogens with one attached hydrogen (secondary N) is 2. The number of aromatic hydroxyl groups is 1. The molecule has 0 amide bonds. The number of phenolic OH excluding ortho intramolecular Hbond substituents is 1. The van der Waals surface area contributed by atoms with Crippen molar-refractivity contribution in [1.82, 2.24) is 9.88 Å². The van der Waals surface area contributed by atoms with Gasteiger partial charge in [-0.25, -0.2) is 13.4 Å². The summed E-state index contributed by atoms with van der Waals surface area (Å²) in [5, 5.41) is 23.3. The number of benzene rings is 2. The zero-order valence-electron chi connectivity index (χ0n) is 18.9. The number of methoxy groups -OCH3 is 1. The molecule has 0 spiro atoms. The lowest BCUT2D eigenvalue weighted by atomic mass is 10.1. The highest BCUT2D eigenvalue weighted by atomic mass is 32.2. The lowest BCUT2D eigenvalue weighted by Crippen LogP contribution is -2.40. The molecule has 3 aromatic rings. The predicted octanol–water partition coefficient (Wildman–Crippen LogP) is 3.66. The van der Waals surface area contributed by atoms with Gasteiger partial charge in [-0.3, -0.25) is 9.62 Å². The number of nitrogens with zero attached hydrogens (tertiary/aromatic N) is 2. The van der Waals surface area contributed by atoms with E-state index in [1.54, 1.807) is 12.1 Å². The molecule has 0 aliphatic rings. The molecule has 0 aliphatic carbocycles. The minimum atomic E-state index is -3.98. The van der Waals surface area contributed by atoms with Gasteiger partial charge in [0.15, 0.2) is 11.5 Å². The number of hydrogen-bond donors (Lipinski definition) is 4. The third-order valence-electron chi connectivity index (χ3n) is 5.04. The molecule has 1 aromatic heterocycles. The highest BCUT2D eigenvalue weighted by Crippen LogP contribution is 2.37. The highest BCUT2D eigenvalue weighted by Gasteiger charge is 2.23. The number of ether oxygens (including phenoxy) is 1. The van der Waals surface area contributed by atoms with Gasteiger partial charge < -0.3 is 20.3 Å². The molecule has 2 aromatic carbocycles. The Morgan fingerprint density at radius 3 is 2.42 bits per heavy atom. The van der Waals surface area contributed by atoms with Crippen LogP contribution in [0.1, 0.15) is 19.5 Å². The van der Waals surface area contributed by atoms with E-state index in [2.05, 4.69) is 15.0 Å². The first kappa shape index (κ1) is 24.8. The number of hydrogen-bond acceptors (Lipinski definition) is 9. The molecule has 1 atom stereocenters. The summed E-state index contributed by atoms with van der Waals surface area (Å²) in [5.41, 5.74) is 1.67. The fourth-order valence-electron chi connectivity index (χ4n) is 3.26. The standard InChI is InChI=1S/C22H28N4O5S2/c1-5-26(6-2)22(28)24-21-23-14(3)20(32-21)15-7-12-18(31-4)19(13-15)33(29,30)25-16-8-10-17(27)11-9-16/h7-13,22,25,27-28H,5-6H2,1-4H3,(H,23,24). The summed E-state index contributed by atoms with van der Waals surface area (Å²) in [4.78, 5) is 7.07. The van der Waals surface area contributed by atoms with E-state index in [-0.39, 0.29) is 16.4 Å². The van der Waals surface area contributed by atoms with Crippen LogP contribution < -0.4 is 14.8 Å². The Balaban J connectivity index is 1.94. The summed E-state index contributed by atoms with van der Waals surface area (Å²) in [6.07, 6.45) is -0.875. The number of aliphatic hydroxyl groups excluding tert-OH is 1. The van der Waals surface area contributed by atoms with Crippen molar-refractivity contribution < 1.29 is 23.4 Å². The summed E-state index contributed by atoms with van der Waals surface area (Å²) in [7, 11) is -2.57. The molecule has 0 aliphatic heterocycles. The van der Waals surface area contributed by atoms with Crippen LogP contribution in [0, 0.1) is 6.92 Å². The minimum absolute atomic E-state index is 0.0268. The largest absolute Gasteiger partial charge is 0.508 e. The van der Waals surface area contributed by atoms with E-state index in [1.807, 2.05) is 25.7 Å². The van der Waals surface area contributed by atoms with Crippen LogP contribution >= 0.6 is 11.3 Å². The van der Waals surface area contributed by atoms with Gasteiger partial charge in [-0.05, 0) is 68.0 Å². The van der Waals surface area contributed by atoms with Crippen LogP contribution in [0.25, 0.3) is 10.4 Å². The topological polar surface area (TPSA) is 124 Å². The van der Waals surface area contributed by atoms with E-state index < -0.39 is 16.4 Å². The summed E-state index contributed by atoms with van der Waals surface area (Å²) in [6, 6.07) is 10.6. The number of thiazole rings is 1. The molecule has 0 saturated carbocycles. The van der Waals surface area contributed by atoms with Gasteiger partial charge in [0.25, 0.3) is 10.0 Å². The number of aliphatic hydroxyl groups is 1. The lowest BCUT2D eigenvalue weighted by molar-refractivity contribution is 0.0341. The van der Waals surface area contributed by atoms with Gasteiger partial charge in [-0.15, -0.1) is 0 Å². The van der Waals surface area contributed by atoms with Gasteiger partial charge in [0.1, 0.15) is 16.4 Å². The van der Waals surface area contributed by atoms with Gasteiger partial charge >= 0.3 is 0 Å². The molecule has 0 radical (unpaired) electrons. The average Bonchev–Trinajstić information content (AvgIpc) is 3.15. The Morgan fingerprint density at radius 1 is 1.15 bits per heavy atom. The van der Waals surface area contributed by atoms with Gasteiger partial charge in [0.2, 0.25) is 0 Å². The van der Waals surface area contributed by atoms with Gasteiger partial charge in [-0.2, -0.15) is 0 Å². The normalized spacial score (nSPS) is 12.5. The van der Waals surface area contributed by atoms with Crippen LogP contribution in [0.4, 0.5) is 10.8 Å². The quantitative estimate of drug-likeness (QED) is 0.250. The second-order valence-electron chi connectivity index (χ2n) is 7.19. The molecule has 1 heterocycles. The highest BCUT2D eigenvalue weighted by molar-refractivity contribution is 7.92. The number of anilines is 2. The Morgan fingerprint density at radius 2 is 1.82 bits per heavy atom. The Hall–Kier alpha value is -2.86. The first-order chi connectivity index (χ1) is 15.7. The van der Waals surface area contributed by atoms with Crippen molar-refractivity contribution in [3.63, 3.8) is 0 Å². The van der Waals surface area contributed by atoms with Crippen molar-refractivity contribution in [2.75, 3.05) is 30.2 Å². The minimum Gasteiger partial charge on any atom is -0.508 e. The first-order valence-corrected chi connectivity index (χ1v) is 12.6. The third-order valence-corrected chi connectivity index (χ3v) is 7.58. The number of aromatic nitrogens is 1. The fourth-order valence-corrected chi connectivity index (χ4v) is 5.50. The van der Waals surface area contributed by atoms with E-state index in [4.69, 9.17) is 4.74 Å². The van der Waals surface area contributed by atoms with Crippen LogP contribution in [0.2, 0.25) is 0 Å². The third kappa shape index (κ3) is 5.74. The number of aryl methyl sites for hydroxylation is 1. The molecule has 0 saturated heterocycles. The molecule has 3 rings (SSSR count). The zero-order chi connectivity index (χ0) is 24.2. The van der Waals surface area contributed by atoms with Crippen LogP contribution in [-0.4, -0.2) is 55.1 Å². The zero-order valence-corrected chi connectivity index (χ0v) is 20.5. The molecule has 1 unspecified atom stereocenters. The SMILES string of the molecule is CCN(CC)C(O)Nc1nc(C)c(-c2ccc(OC)c(S(=O)(=O)Nc3ccc(O)cc3)c2)s1. The summed E-state index contributed by atoms with van der Waals surface area (Å²) >= 11 is 1.32. The Kier molecular flexibility index (Phi) is 7.80. The van der Waals surface area contributed by atoms with Gasteiger partial charge in [0, 0.05) is 5.69 Å². The lowest BCUT2D eigenvalue weighted by Gasteiger charge is -2.25. The second-order valence-corrected chi connectivity index (χ2v) is 9.84. The van der Waals surface area contributed by atoms with Crippen LogP contribution in [-0.2, 0) is 10.0 Å². The molecular weight excluding hydrogens is 464 g/mol. The van der Waals surface area contributed by atoms with Crippen LogP contribution in [0.15, 0.2) is 47.4 Å². The number of phenols is 1. The predicted molar refractivity (Wildman–Crippen MR) is 130 cm³/mol. The maximum atomic E-state index is 13.1. The van der Waals surface area contributed by atoms with Crippen molar-refractivity contribution in [2.45, 2.75) is 32.0 Å². The fraction of sp³-hybridized carbons (Fsp3) is 0.318. The summed E-state index contributed by atoms with van der Waals surface area (Å²) in [5.74, 6) is 0.233. The van der Waals surface area contributed by atoms with Gasteiger partial charge in [-0.1, -0.05) is 25.2 Å². The van der Waals surface area contributed by atoms with Crippen molar-refractivity contribution in [3.05, 3.63) is 48.2 Å². The molecule has 4 N–H and O–H groups in total. The Bertz CT molecular complexity index is 1190. The number of sulfonamides is 1. The molecule has 0 fully saturated rings. The average molecular weight is 493 g/mol. The summed E-state index contributed by atoms with van der Waals surface area (Å²) < 4.78 is 34.0. The van der Waals surface area contributed by atoms with E-state index in [0.717, 1.165) is 4.88 Å². The molecule has 0 bridgehead atoms. The number of rotatable bonds is 10. The molecular formula is C22H28N4O5S2. The summed E-state index contributed by atoms with van der Waals surface area (Å²) in [6.45, 7) is 7.09. The van der Waals surface area contributed by atoms with E-state index in [1.165, 1.54) is 48.8 Å². The Labute approximate surface area is 197 Å². The molecule has 9 nitrogen and oxygen atoms in total. The van der Waals surface area contributed by atoms with Crippen molar-refractivity contribution in [3.8, 4) is 21.9 Å². The second kappa shape index (κ2) is 10.4. The van der Waals surface area contributed by atoms with E-state index in [0.29, 0.717) is 35.2 Å². The first-order valence-electron chi connectivity index (χ1n) is 10.3.